The highest BCUT2D eigenvalue weighted by Gasteiger charge is 2.40. The SMILES string of the molecule is O=C(O)CCCCC(C1CC1)C1CC1. The molecule has 0 atom stereocenters. The summed E-state index contributed by atoms with van der Waals surface area (Å²) in [6.07, 6.45) is 9.44. The standard InChI is InChI=1S/C12H20O2/c13-12(14)4-2-1-3-11(9-5-6-9)10-7-8-10/h9-11H,1-8H2,(H,13,14). The fourth-order valence-electron chi connectivity index (χ4n) is 2.56. The molecule has 0 bridgehead atoms. The molecule has 0 aliphatic heterocycles. The smallest absolute Gasteiger partial charge is 0.303 e. The summed E-state index contributed by atoms with van der Waals surface area (Å²) >= 11 is 0. The molecule has 2 aliphatic rings. The zero-order chi connectivity index (χ0) is 9.97. The molecule has 0 spiro atoms. The van der Waals surface area contributed by atoms with E-state index in [1.54, 1.807) is 0 Å². The van der Waals surface area contributed by atoms with Crippen LogP contribution in [0.1, 0.15) is 51.4 Å². The van der Waals surface area contributed by atoms with Crippen molar-refractivity contribution in [3.63, 3.8) is 0 Å². The molecule has 2 aliphatic carbocycles. The molecule has 14 heavy (non-hydrogen) atoms. The maximum absolute atomic E-state index is 10.3. The van der Waals surface area contributed by atoms with E-state index < -0.39 is 5.97 Å². The summed E-state index contributed by atoms with van der Waals surface area (Å²) in [5.41, 5.74) is 0. The second-order valence-corrected chi connectivity index (χ2v) is 4.98. The second kappa shape index (κ2) is 4.33. The highest BCUT2D eigenvalue weighted by atomic mass is 16.4. The van der Waals surface area contributed by atoms with Gasteiger partial charge < -0.3 is 5.11 Å². The van der Waals surface area contributed by atoms with Crippen molar-refractivity contribution < 1.29 is 9.90 Å². The molecule has 0 saturated heterocycles. The van der Waals surface area contributed by atoms with Gasteiger partial charge in [0.15, 0.2) is 0 Å². The highest BCUT2D eigenvalue weighted by molar-refractivity contribution is 5.66. The number of aliphatic carboxylic acids is 1. The van der Waals surface area contributed by atoms with Gasteiger partial charge in [-0.3, -0.25) is 4.79 Å². The van der Waals surface area contributed by atoms with Gasteiger partial charge in [0.25, 0.3) is 0 Å². The third kappa shape index (κ3) is 3.00. The highest BCUT2D eigenvalue weighted by Crippen LogP contribution is 2.51. The quantitative estimate of drug-likeness (QED) is 0.635. The number of carbonyl (C=O) groups is 1. The Morgan fingerprint density at radius 2 is 1.71 bits per heavy atom. The van der Waals surface area contributed by atoms with E-state index in [0.717, 1.165) is 30.6 Å². The van der Waals surface area contributed by atoms with Crippen molar-refractivity contribution in [2.75, 3.05) is 0 Å². The van der Waals surface area contributed by atoms with E-state index in [-0.39, 0.29) is 0 Å². The van der Waals surface area contributed by atoms with Crippen LogP contribution >= 0.6 is 0 Å². The predicted octanol–water partition coefficient (Wildman–Crippen LogP) is 3.07. The van der Waals surface area contributed by atoms with Crippen molar-refractivity contribution in [2.45, 2.75) is 51.4 Å². The number of carboxylic acid groups (broad SMARTS) is 1. The van der Waals surface area contributed by atoms with Crippen LogP contribution in [0.3, 0.4) is 0 Å². The summed E-state index contributed by atoms with van der Waals surface area (Å²) in [6.45, 7) is 0. The van der Waals surface area contributed by atoms with E-state index in [9.17, 15) is 4.79 Å². The Balaban J connectivity index is 1.59. The molecule has 2 heteroatoms. The molecular formula is C12H20O2. The molecule has 2 saturated carbocycles. The van der Waals surface area contributed by atoms with E-state index in [1.165, 1.54) is 32.1 Å². The Morgan fingerprint density at radius 3 is 2.14 bits per heavy atom. The van der Waals surface area contributed by atoms with E-state index in [1.807, 2.05) is 0 Å². The molecule has 0 aromatic heterocycles. The maximum Gasteiger partial charge on any atom is 0.303 e. The monoisotopic (exact) mass is 196 g/mol. The van der Waals surface area contributed by atoms with Gasteiger partial charge in [0.1, 0.15) is 0 Å². The number of rotatable bonds is 7. The molecule has 0 radical (unpaired) electrons. The van der Waals surface area contributed by atoms with Crippen molar-refractivity contribution in [1.82, 2.24) is 0 Å². The normalized spacial score (nSPS) is 21.5. The Labute approximate surface area is 85.7 Å². The van der Waals surface area contributed by atoms with Crippen LogP contribution in [0.25, 0.3) is 0 Å². The lowest BCUT2D eigenvalue weighted by molar-refractivity contribution is -0.137. The fourth-order valence-corrected chi connectivity index (χ4v) is 2.56. The van der Waals surface area contributed by atoms with E-state index >= 15 is 0 Å². The third-order valence-electron chi connectivity index (χ3n) is 3.63. The van der Waals surface area contributed by atoms with Crippen molar-refractivity contribution in [1.29, 1.82) is 0 Å². The maximum atomic E-state index is 10.3. The lowest BCUT2D eigenvalue weighted by Gasteiger charge is -2.14. The lowest BCUT2D eigenvalue weighted by Crippen LogP contribution is -2.06. The number of unbranched alkanes of at least 4 members (excludes halogenated alkanes) is 1. The van der Waals surface area contributed by atoms with Crippen LogP contribution in [0.5, 0.6) is 0 Å². The summed E-state index contributed by atoms with van der Waals surface area (Å²) in [6, 6.07) is 0. The summed E-state index contributed by atoms with van der Waals surface area (Å²) in [7, 11) is 0. The van der Waals surface area contributed by atoms with Gasteiger partial charge >= 0.3 is 5.97 Å². The van der Waals surface area contributed by atoms with Crippen LogP contribution < -0.4 is 0 Å². The molecule has 2 rings (SSSR count). The van der Waals surface area contributed by atoms with Crippen molar-refractivity contribution in [3.05, 3.63) is 0 Å². The minimum Gasteiger partial charge on any atom is -0.481 e. The zero-order valence-corrected chi connectivity index (χ0v) is 8.74. The van der Waals surface area contributed by atoms with Crippen molar-refractivity contribution in [2.24, 2.45) is 17.8 Å². The van der Waals surface area contributed by atoms with Gasteiger partial charge in [0.05, 0.1) is 0 Å². The number of hydrogen-bond donors (Lipinski definition) is 1. The fraction of sp³-hybridized carbons (Fsp3) is 0.917. The van der Waals surface area contributed by atoms with Gasteiger partial charge in [0.2, 0.25) is 0 Å². The third-order valence-corrected chi connectivity index (χ3v) is 3.63. The van der Waals surface area contributed by atoms with E-state index in [0.29, 0.717) is 6.42 Å². The van der Waals surface area contributed by atoms with Crippen LogP contribution in [-0.4, -0.2) is 11.1 Å². The first-order chi connectivity index (χ1) is 6.77. The summed E-state index contributed by atoms with van der Waals surface area (Å²) in [5, 5.41) is 8.52. The lowest BCUT2D eigenvalue weighted by atomic mass is 9.91. The van der Waals surface area contributed by atoms with Crippen LogP contribution in [0, 0.1) is 17.8 Å². The Morgan fingerprint density at radius 1 is 1.14 bits per heavy atom. The molecular weight excluding hydrogens is 176 g/mol. The molecule has 2 nitrogen and oxygen atoms in total. The molecule has 0 unspecified atom stereocenters. The molecule has 0 amide bonds. The largest absolute Gasteiger partial charge is 0.481 e. The Bertz CT molecular complexity index is 192. The van der Waals surface area contributed by atoms with Gasteiger partial charge in [-0.1, -0.05) is 6.42 Å². The number of carboxylic acids is 1. The van der Waals surface area contributed by atoms with Crippen LogP contribution in [0.2, 0.25) is 0 Å². The van der Waals surface area contributed by atoms with Gasteiger partial charge in [0, 0.05) is 6.42 Å². The average Bonchev–Trinajstić information content (AvgIpc) is 2.99. The second-order valence-electron chi connectivity index (χ2n) is 4.98. The minimum atomic E-state index is -0.639. The Kier molecular flexibility index (Phi) is 3.09. The first kappa shape index (κ1) is 10.0. The predicted molar refractivity (Wildman–Crippen MR) is 55.0 cm³/mol. The van der Waals surface area contributed by atoms with E-state index in [4.69, 9.17) is 5.11 Å². The van der Waals surface area contributed by atoms with Gasteiger partial charge in [-0.15, -0.1) is 0 Å². The van der Waals surface area contributed by atoms with Crippen molar-refractivity contribution in [3.8, 4) is 0 Å². The van der Waals surface area contributed by atoms with Gasteiger partial charge in [-0.25, -0.2) is 0 Å². The van der Waals surface area contributed by atoms with E-state index in [2.05, 4.69) is 0 Å². The van der Waals surface area contributed by atoms with Crippen LogP contribution in [0.4, 0.5) is 0 Å². The first-order valence-corrected chi connectivity index (χ1v) is 5.99. The Hall–Kier alpha value is -0.530. The first-order valence-electron chi connectivity index (χ1n) is 5.99. The molecule has 0 heterocycles. The van der Waals surface area contributed by atoms with Gasteiger partial charge in [-0.05, 0) is 56.3 Å². The zero-order valence-electron chi connectivity index (χ0n) is 8.74. The topological polar surface area (TPSA) is 37.3 Å². The molecule has 80 valence electrons. The summed E-state index contributed by atoms with van der Waals surface area (Å²) < 4.78 is 0. The molecule has 2 fully saturated rings. The molecule has 0 aromatic carbocycles. The summed E-state index contributed by atoms with van der Waals surface area (Å²) in [4.78, 5) is 10.3. The molecule has 0 aromatic rings. The van der Waals surface area contributed by atoms with Crippen LogP contribution in [0.15, 0.2) is 0 Å². The van der Waals surface area contributed by atoms with Crippen molar-refractivity contribution >= 4 is 5.97 Å². The average molecular weight is 196 g/mol. The van der Waals surface area contributed by atoms with Crippen LogP contribution in [-0.2, 0) is 4.79 Å². The summed E-state index contributed by atoms with van der Waals surface area (Å²) in [5.74, 6) is 2.36. The number of hydrogen-bond acceptors (Lipinski definition) is 1. The molecule has 1 N–H and O–H groups in total. The van der Waals surface area contributed by atoms with Gasteiger partial charge in [-0.2, -0.15) is 0 Å². The minimum absolute atomic E-state index is 0.363.